The number of ether oxygens (including phenoxy) is 2. The van der Waals surface area contributed by atoms with Gasteiger partial charge in [0.2, 0.25) is 0 Å². The highest BCUT2D eigenvalue weighted by molar-refractivity contribution is 14.0. The van der Waals surface area contributed by atoms with Gasteiger partial charge in [0, 0.05) is 31.7 Å². The van der Waals surface area contributed by atoms with Gasteiger partial charge in [-0.1, -0.05) is 18.2 Å². The van der Waals surface area contributed by atoms with Gasteiger partial charge in [0.15, 0.2) is 17.5 Å². The lowest BCUT2D eigenvalue weighted by atomic mass is 10.1. The smallest absolute Gasteiger partial charge is 0.253 e. The average Bonchev–Trinajstić information content (AvgIpc) is 2.81. The Hall–Kier alpha value is -2.49. The monoisotopic (exact) mass is 554 g/mol. The minimum Gasteiger partial charge on any atom is -0.493 e. The Labute approximate surface area is 208 Å². The molecule has 0 aliphatic carbocycles. The molecule has 0 aromatic heterocycles. The highest BCUT2D eigenvalue weighted by atomic mass is 127. The van der Waals surface area contributed by atoms with Crippen LogP contribution in [0.4, 0.5) is 0 Å². The molecular weight excluding hydrogens is 519 g/mol. The summed E-state index contributed by atoms with van der Waals surface area (Å²) < 4.78 is 10.6. The molecule has 176 valence electrons. The molecule has 2 N–H and O–H groups in total. The lowest BCUT2D eigenvalue weighted by Gasteiger charge is -2.18. The average molecular weight is 554 g/mol. The highest BCUT2D eigenvalue weighted by Gasteiger charge is 2.12. The molecule has 0 bridgehead atoms. The minimum atomic E-state index is 0. The Balaban J connectivity index is 0.00000512. The third kappa shape index (κ3) is 7.89. The number of guanidine groups is 1. The van der Waals surface area contributed by atoms with Crippen LogP contribution in [0, 0.1) is 0 Å². The Bertz CT molecular complexity index is 868. The van der Waals surface area contributed by atoms with E-state index in [1.165, 1.54) is 0 Å². The van der Waals surface area contributed by atoms with Crippen LogP contribution in [0.25, 0.3) is 0 Å². The van der Waals surface area contributed by atoms with Crippen molar-refractivity contribution in [3.8, 4) is 11.5 Å². The summed E-state index contributed by atoms with van der Waals surface area (Å²) in [6.07, 6.45) is 0. The van der Waals surface area contributed by atoms with Crippen LogP contribution in [-0.2, 0) is 13.1 Å². The summed E-state index contributed by atoms with van der Waals surface area (Å²) >= 11 is 0. The molecule has 7 nitrogen and oxygen atoms in total. The molecule has 2 aromatic rings. The molecule has 0 heterocycles. The van der Waals surface area contributed by atoms with Crippen molar-refractivity contribution in [2.24, 2.45) is 4.99 Å². The zero-order chi connectivity index (χ0) is 22.6. The number of hydrogen-bond donors (Lipinski definition) is 2. The molecule has 0 radical (unpaired) electrons. The van der Waals surface area contributed by atoms with E-state index in [0.717, 1.165) is 23.6 Å². The lowest BCUT2D eigenvalue weighted by molar-refractivity contribution is 0.0773. The van der Waals surface area contributed by atoms with E-state index in [4.69, 9.17) is 9.47 Å². The van der Waals surface area contributed by atoms with Crippen molar-refractivity contribution in [2.75, 3.05) is 33.9 Å². The first kappa shape index (κ1) is 27.5. The van der Waals surface area contributed by atoms with E-state index < -0.39 is 0 Å². The quantitative estimate of drug-likeness (QED) is 0.263. The molecule has 0 aliphatic rings. The van der Waals surface area contributed by atoms with Crippen LogP contribution < -0.4 is 20.1 Å². The molecule has 8 heteroatoms. The number of carbonyl (C=O) groups excluding carboxylic acids is 1. The fourth-order valence-electron chi connectivity index (χ4n) is 3.14. The molecule has 0 fully saturated rings. The second-order valence-corrected chi connectivity index (χ2v) is 6.91. The van der Waals surface area contributed by atoms with E-state index in [2.05, 4.69) is 15.6 Å². The molecule has 2 aromatic carbocycles. The van der Waals surface area contributed by atoms with Crippen LogP contribution in [0.2, 0.25) is 0 Å². The summed E-state index contributed by atoms with van der Waals surface area (Å²) in [4.78, 5) is 18.9. The lowest BCUT2D eigenvalue weighted by Crippen LogP contribution is -2.36. The van der Waals surface area contributed by atoms with E-state index in [1.54, 1.807) is 14.2 Å². The van der Waals surface area contributed by atoms with Crippen LogP contribution in [0.15, 0.2) is 47.5 Å². The molecule has 0 unspecified atom stereocenters. The van der Waals surface area contributed by atoms with E-state index in [9.17, 15) is 4.79 Å². The molecule has 0 aliphatic heterocycles. The second kappa shape index (κ2) is 14.5. The first-order valence-corrected chi connectivity index (χ1v) is 10.7. The summed E-state index contributed by atoms with van der Waals surface area (Å²) in [7, 11) is 3.24. The fraction of sp³-hybridized carbons (Fsp3) is 0.417. The molecule has 0 spiro atoms. The second-order valence-electron chi connectivity index (χ2n) is 6.91. The molecule has 32 heavy (non-hydrogen) atoms. The third-order valence-corrected chi connectivity index (χ3v) is 4.92. The van der Waals surface area contributed by atoms with Crippen molar-refractivity contribution in [3.05, 3.63) is 59.2 Å². The number of aliphatic imine (C=N–C) groups is 1. The number of carbonyl (C=O) groups is 1. The predicted molar refractivity (Wildman–Crippen MR) is 140 cm³/mol. The largest absolute Gasteiger partial charge is 0.493 e. The summed E-state index contributed by atoms with van der Waals surface area (Å²) in [5, 5.41) is 6.60. The van der Waals surface area contributed by atoms with Crippen LogP contribution in [0.3, 0.4) is 0 Å². The topological polar surface area (TPSA) is 75.2 Å². The number of halogens is 1. The van der Waals surface area contributed by atoms with Gasteiger partial charge in [-0.3, -0.25) is 4.79 Å². The van der Waals surface area contributed by atoms with E-state index >= 15 is 0 Å². The van der Waals surface area contributed by atoms with Crippen LogP contribution >= 0.6 is 24.0 Å². The maximum Gasteiger partial charge on any atom is 0.253 e. The van der Waals surface area contributed by atoms with Crippen molar-refractivity contribution >= 4 is 35.8 Å². The van der Waals surface area contributed by atoms with Gasteiger partial charge < -0.3 is 25.0 Å². The van der Waals surface area contributed by atoms with Gasteiger partial charge in [-0.25, -0.2) is 4.99 Å². The fourth-order valence-corrected chi connectivity index (χ4v) is 3.14. The number of nitrogens with one attached hydrogen (secondary N) is 2. The normalized spacial score (nSPS) is 10.7. The third-order valence-electron chi connectivity index (χ3n) is 4.92. The maximum atomic E-state index is 12.4. The molecule has 0 saturated heterocycles. The van der Waals surface area contributed by atoms with Crippen molar-refractivity contribution in [1.29, 1.82) is 0 Å². The minimum absolute atomic E-state index is 0. The van der Waals surface area contributed by atoms with Gasteiger partial charge >= 0.3 is 0 Å². The summed E-state index contributed by atoms with van der Waals surface area (Å²) in [5.74, 6) is 2.17. The van der Waals surface area contributed by atoms with Gasteiger partial charge in [0.1, 0.15) is 0 Å². The van der Waals surface area contributed by atoms with E-state index in [0.29, 0.717) is 43.2 Å². The molecule has 2 rings (SSSR count). The first-order valence-electron chi connectivity index (χ1n) is 10.7. The first-order chi connectivity index (χ1) is 15.1. The van der Waals surface area contributed by atoms with E-state index in [1.807, 2.05) is 68.1 Å². The van der Waals surface area contributed by atoms with Gasteiger partial charge in [-0.2, -0.15) is 0 Å². The Morgan fingerprint density at radius 3 is 2.09 bits per heavy atom. The van der Waals surface area contributed by atoms with Crippen molar-refractivity contribution in [2.45, 2.75) is 33.9 Å². The predicted octanol–water partition coefficient (Wildman–Crippen LogP) is 4.06. The van der Waals surface area contributed by atoms with Crippen molar-refractivity contribution in [3.63, 3.8) is 0 Å². The number of rotatable bonds is 10. The summed E-state index contributed by atoms with van der Waals surface area (Å²) in [6.45, 7) is 9.30. The van der Waals surface area contributed by atoms with Crippen molar-refractivity contribution in [1.82, 2.24) is 15.5 Å². The highest BCUT2D eigenvalue weighted by Crippen LogP contribution is 2.27. The number of amides is 1. The summed E-state index contributed by atoms with van der Waals surface area (Å²) in [5.41, 5.74) is 2.81. The van der Waals surface area contributed by atoms with Crippen molar-refractivity contribution < 1.29 is 14.3 Å². The molecular formula is C24H35IN4O3. The van der Waals surface area contributed by atoms with Gasteiger partial charge in [0.25, 0.3) is 5.91 Å². The Morgan fingerprint density at radius 1 is 0.906 bits per heavy atom. The van der Waals surface area contributed by atoms with Crippen LogP contribution in [0.1, 0.15) is 42.3 Å². The number of nitrogens with zero attached hydrogens (tertiary/aromatic N) is 2. The van der Waals surface area contributed by atoms with E-state index in [-0.39, 0.29) is 29.9 Å². The Kier molecular flexibility index (Phi) is 12.5. The number of hydrogen-bond acceptors (Lipinski definition) is 4. The van der Waals surface area contributed by atoms with Crippen LogP contribution in [-0.4, -0.2) is 50.6 Å². The number of methoxy groups -OCH3 is 2. The maximum absolute atomic E-state index is 12.4. The molecule has 0 atom stereocenters. The van der Waals surface area contributed by atoms with Crippen LogP contribution in [0.5, 0.6) is 11.5 Å². The van der Waals surface area contributed by atoms with Gasteiger partial charge in [-0.15, -0.1) is 24.0 Å². The zero-order valence-corrected chi connectivity index (χ0v) is 21.9. The van der Waals surface area contributed by atoms with Gasteiger partial charge in [0.05, 0.1) is 20.8 Å². The SMILES string of the molecule is CCNC(=NCc1ccc(OC)c(OC)c1)NCc1ccc(C(=O)N(CC)CC)cc1.I. The van der Waals surface area contributed by atoms with Gasteiger partial charge in [-0.05, 0) is 56.2 Å². The summed E-state index contributed by atoms with van der Waals surface area (Å²) in [6, 6.07) is 13.5. The Morgan fingerprint density at radius 2 is 1.53 bits per heavy atom. The zero-order valence-electron chi connectivity index (χ0n) is 19.6. The number of benzene rings is 2. The molecule has 0 saturated carbocycles. The standard InChI is InChI=1S/C24H34N4O3.HI/c1-6-25-24(27-17-19-11-14-21(30-4)22(15-19)31-5)26-16-18-9-12-20(13-10-18)23(29)28(7-2)8-3;/h9-15H,6-8,16-17H2,1-5H3,(H2,25,26,27);1H. The molecule has 1 amide bonds.